The van der Waals surface area contributed by atoms with Crippen LogP contribution in [0.1, 0.15) is 65.2 Å². The molecule has 1 aliphatic heterocycles. The third kappa shape index (κ3) is 5.80. The molecule has 2 amide bonds. The van der Waals surface area contributed by atoms with Gasteiger partial charge in [0.05, 0.1) is 6.42 Å². The number of urea groups is 1. The predicted octanol–water partition coefficient (Wildman–Crippen LogP) is 2.99. The Labute approximate surface area is 121 Å². The summed E-state index contributed by atoms with van der Waals surface area (Å²) in [6.07, 6.45) is 7.29. The van der Waals surface area contributed by atoms with E-state index in [1.54, 1.807) is 4.90 Å². The van der Waals surface area contributed by atoms with E-state index in [1.165, 1.54) is 12.8 Å². The third-order valence-electron chi connectivity index (χ3n) is 3.91. The first kappa shape index (κ1) is 16.8. The van der Waals surface area contributed by atoms with Crippen LogP contribution in [-0.4, -0.2) is 40.6 Å². The molecule has 1 aliphatic rings. The number of unbranched alkanes of at least 4 members (excludes halogenated alkanes) is 2. The fourth-order valence-corrected chi connectivity index (χ4v) is 2.75. The lowest BCUT2D eigenvalue weighted by Gasteiger charge is -2.35. The number of hydrogen-bond acceptors (Lipinski definition) is 2. The number of carboxylic acid groups (broad SMARTS) is 1. The maximum absolute atomic E-state index is 12.3. The number of hydrogen-bond donors (Lipinski definition) is 2. The van der Waals surface area contributed by atoms with Crippen molar-refractivity contribution in [1.29, 1.82) is 0 Å². The zero-order valence-electron chi connectivity index (χ0n) is 12.7. The normalized spacial score (nSPS) is 20.5. The highest BCUT2D eigenvalue weighted by atomic mass is 16.4. The first-order chi connectivity index (χ1) is 9.54. The molecule has 0 aromatic carbocycles. The number of nitrogens with zero attached hydrogens (tertiary/aromatic N) is 1. The monoisotopic (exact) mass is 284 g/mol. The number of amides is 2. The molecular weight excluding hydrogens is 256 g/mol. The van der Waals surface area contributed by atoms with Crippen LogP contribution < -0.4 is 5.32 Å². The number of nitrogens with one attached hydrogen (secondary N) is 1. The zero-order valence-corrected chi connectivity index (χ0v) is 12.7. The second kappa shape index (κ2) is 8.82. The highest BCUT2D eigenvalue weighted by Crippen LogP contribution is 2.20. The summed E-state index contributed by atoms with van der Waals surface area (Å²) in [5.41, 5.74) is 0. The van der Waals surface area contributed by atoms with E-state index >= 15 is 0 Å². The summed E-state index contributed by atoms with van der Waals surface area (Å²) in [6, 6.07) is -0.0921. The summed E-state index contributed by atoms with van der Waals surface area (Å²) in [6.45, 7) is 4.85. The molecule has 0 aliphatic carbocycles. The van der Waals surface area contributed by atoms with Gasteiger partial charge in [-0.25, -0.2) is 4.79 Å². The Kier molecular flexibility index (Phi) is 7.41. The van der Waals surface area contributed by atoms with Gasteiger partial charge in [0, 0.05) is 18.6 Å². The zero-order chi connectivity index (χ0) is 15.0. The summed E-state index contributed by atoms with van der Waals surface area (Å²) in [4.78, 5) is 24.8. The number of carbonyl (C=O) groups is 2. The van der Waals surface area contributed by atoms with E-state index in [0.29, 0.717) is 6.54 Å². The van der Waals surface area contributed by atoms with E-state index in [9.17, 15) is 9.59 Å². The first-order valence-electron chi connectivity index (χ1n) is 7.83. The molecule has 2 atom stereocenters. The Hall–Kier alpha value is -1.26. The van der Waals surface area contributed by atoms with Crippen molar-refractivity contribution >= 4 is 12.0 Å². The summed E-state index contributed by atoms with van der Waals surface area (Å²) in [7, 11) is 0. The van der Waals surface area contributed by atoms with Gasteiger partial charge in [0.25, 0.3) is 0 Å². The van der Waals surface area contributed by atoms with Crippen molar-refractivity contribution in [3.05, 3.63) is 0 Å². The molecule has 0 radical (unpaired) electrons. The van der Waals surface area contributed by atoms with Crippen molar-refractivity contribution in [2.75, 3.05) is 6.54 Å². The molecule has 0 aromatic rings. The standard InChI is InChI=1S/C15H28N2O3/c1-3-4-5-8-12(2)16-15(20)17-10-7-6-9-13(17)11-14(18)19/h12-13H,3-11H2,1-2H3,(H,16,20)(H,18,19). The van der Waals surface area contributed by atoms with Crippen molar-refractivity contribution in [1.82, 2.24) is 10.2 Å². The Morgan fingerprint density at radius 1 is 1.35 bits per heavy atom. The van der Waals surface area contributed by atoms with Crippen LogP contribution in [-0.2, 0) is 4.79 Å². The molecule has 1 rings (SSSR count). The smallest absolute Gasteiger partial charge is 0.317 e. The fourth-order valence-electron chi connectivity index (χ4n) is 2.75. The van der Waals surface area contributed by atoms with Gasteiger partial charge >= 0.3 is 12.0 Å². The molecule has 0 bridgehead atoms. The molecule has 2 unspecified atom stereocenters. The molecule has 20 heavy (non-hydrogen) atoms. The number of piperidine rings is 1. The molecule has 0 saturated carbocycles. The molecule has 1 saturated heterocycles. The maximum Gasteiger partial charge on any atom is 0.317 e. The van der Waals surface area contributed by atoms with Crippen LogP contribution in [0.15, 0.2) is 0 Å². The molecule has 0 aromatic heterocycles. The molecule has 2 N–H and O–H groups in total. The van der Waals surface area contributed by atoms with E-state index in [4.69, 9.17) is 5.11 Å². The second-order valence-electron chi connectivity index (χ2n) is 5.79. The maximum atomic E-state index is 12.3. The average molecular weight is 284 g/mol. The fraction of sp³-hybridized carbons (Fsp3) is 0.867. The van der Waals surface area contributed by atoms with Gasteiger partial charge in [-0.3, -0.25) is 4.79 Å². The summed E-state index contributed by atoms with van der Waals surface area (Å²) < 4.78 is 0. The summed E-state index contributed by atoms with van der Waals surface area (Å²) >= 11 is 0. The lowest BCUT2D eigenvalue weighted by atomic mass is 10.00. The minimum absolute atomic E-state index is 0.0532. The first-order valence-corrected chi connectivity index (χ1v) is 7.83. The van der Waals surface area contributed by atoms with Crippen LogP contribution in [0.4, 0.5) is 4.79 Å². The molecule has 5 heteroatoms. The largest absolute Gasteiger partial charge is 0.481 e. The number of rotatable bonds is 7. The lowest BCUT2D eigenvalue weighted by Crippen LogP contribution is -2.51. The molecule has 5 nitrogen and oxygen atoms in total. The molecule has 116 valence electrons. The van der Waals surface area contributed by atoms with E-state index in [-0.39, 0.29) is 24.5 Å². The molecular formula is C15H28N2O3. The Balaban J connectivity index is 2.44. The van der Waals surface area contributed by atoms with Crippen LogP contribution in [0.5, 0.6) is 0 Å². The Bertz CT molecular complexity index is 320. The SMILES string of the molecule is CCCCCC(C)NC(=O)N1CCCCC1CC(=O)O. The highest BCUT2D eigenvalue weighted by molar-refractivity contribution is 5.76. The van der Waals surface area contributed by atoms with E-state index in [2.05, 4.69) is 12.2 Å². The van der Waals surface area contributed by atoms with E-state index in [0.717, 1.165) is 32.1 Å². The molecule has 1 heterocycles. The van der Waals surface area contributed by atoms with Crippen molar-refractivity contribution in [2.24, 2.45) is 0 Å². The molecule has 1 fully saturated rings. The predicted molar refractivity (Wildman–Crippen MR) is 78.7 cm³/mol. The average Bonchev–Trinajstić information content (AvgIpc) is 2.38. The van der Waals surface area contributed by atoms with Gasteiger partial charge in [-0.1, -0.05) is 26.2 Å². The highest BCUT2D eigenvalue weighted by Gasteiger charge is 2.28. The molecule has 0 spiro atoms. The summed E-state index contributed by atoms with van der Waals surface area (Å²) in [5.74, 6) is -0.828. The van der Waals surface area contributed by atoms with Crippen LogP contribution in [0, 0.1) is 0 Å². The third-order valence-corrected chi connectivity index (χ3v) is 3.91. The van der Waals surface area contributed by atoms with Crippen molar-refractivity contribution in [2.45, 2.75) is 77.3 Å². The number of aliphatic carboxylic acids is 1. The van der Waals surface area contributed by atoms with Crippen LogP contribution in [0.3, 0.4) is 0 Å². The Morgan fingerprint density at radius 2 is 2.10 bits per heavy atom. The lowest BCUT2D eigenvalue weighted by molar-refractivity contribution is -0.138. The van der Waals surface area contributed by atoms with Crippen molar-refractivity contribution in [3.63, 3.8) is 0 Å². The van der Waals surface area contributed by atoms with E-state index < -0.39 is 5.97 Å². The van der Waals surface area contributed by atoms with Gasteiger partial charge in [0.1, 0.15) is 0 Å². The van der Waals surface area contributed by atoms with Gasteiger partial charge in [-0.15, -0.1) is 0 Å². The van der Waals surface area contributed by atoms with E-state index in [1.807, 2.05) is 6.92 Å². The number of carbonyl (C=O) groups excluding carboxylic acids is 1. The van der Waals surface area contributed by atoms with Gasteiger partial charge in [-0.05, 0) is 32.6 Å². The number of carboxylic acids is 1. The minimum Gasteiger partial charge on any atom is -0.481 e. The Morgan fingerprint density at radius 3 is 2.75 bits per heavy atom. The van der Waals surface area contributed by atoms with Gasteiger partial charge in [-0.2, -0.15) is 0 Å². The van der Waals surface area contributed by atoms with Gasteiger partial charge in [0.15, 0.2) is 0 Å². The second-order valence-corrected chi connectivity index (χ2v) is 5.79. The number of likely N-dealkylation sites (tertiary alicyclic amines) is 1. The van der Waals surface area contributed by atoms with Crippen LogP contribution in [0.2, 0.25) is 0 Å². The van der Waals surface area contributed by atoms with Crippen LogP contribution >= 0.6 is 0 Å². The van der Waals surface area contributed by atoms with Crippen molar-refractivity contribution in [3.8, 4) is 0 Å². The topological polar surface area (TPSA) is 69.6 Å². The van der Waals surface area contributed by atoms with Gasteiger partial charge in [0.2, 0.25) is 0 Å². The van der Waals surface area contributed by atoms with Crippen molar-refractivity contribution < 1.29 is 14.7 Å². The van der Waals surface area contributed by atoms with Crippen LogP contribution in [0.25, 0.3) is 0 Å². The quantitative estimate of drug-likeness (QED) is 0.706. The minimum atomic E-state index is -0.828. The summed E-state index contributed by atoms with van der Waals surface area (Å²) in [5, 5.41) is 11.9. The van der Waals surface area contributed by atoms with Gasteiger partial charge < -0.3 is 15.3 Å².